The summed E-state index contributed by atoms with van der Waals surface area (Å²) in [5, 5.41) is 12.3. The number of fused-ring (bicyclic) bond motifs is 1. The summed E-state index contributed by atoms with van der Waals surface area (Å²) < 4.78 is 6.09. The summed E-state index contributed by atoms with van der Waals surface area (Å²) in [7, 11) is 0. The van der Waals surface area contributed by atoms with Gasteiger partial charge in [-0.25, -0.2) is 4.98 Å². The van der Waals surface area contributed by atoms with Crippen molar-refractivity contribution in [1.82, 2.24) is 9.97 Å². The van der Waals surface area contributed by atoms with Gasteiger partial charge in [0.1, 0.15) is 0 Å². The normalized spacial score (nSPS) is 30.5. The maximum absolute atomic E-state index is 10.9. The number of rotatable bonds is 4. The van der Waals surface area contributed by atoms with Crippen LogP contribution in [0.3, 0.4) is 0 Å². The number of imidazole rings is 1. The first-order chi connectivity index (χ1) is 10.6. The number of nitrogens with zero attached hydrogens (tertiary/aromatic N) is 1. The summed E-state index contributed by atoms with van der Waals surface area (Å²) in [6.45, 7) is 0.694. The Bertz CT molecular complexity index is 672. The Morgan fingerprint density at radius 2 is 2.27 bits per heavy atom. The highest BCUT2D eigenvalue weighted by Gasteiger charge is 2.52. The molecule has 3 N–H and O–H groups in total. The zero-order valence-electron chi connectivity index (χ0n) is 12.2. The Balaban J connectivity index is 1.33. The second-order valence-corrected chi connectivity index (χ2v) is 6.39. The van der Waals surface area contributed by atoms with Crippen molar-refractivity contribution < 1.29 is 14.6 Å². The number of anilines is 1. The van der Waals surface area contributed by atoms with Gasteiger partial charge in [0.2, 0.25) is 5.95 Å². The van der Waals surface area contributed by atoms with E-state index in [0.717, 1.165) is 29.8 Å². The first-order valence-electron chi connectivity index (χ1n) is 7.73. The lowest BCUT2D eigenvalue weighted by molar-refractivity contribution is -0.164. The number of benzene rings is 1. The lowest BCUT2D eigenvalue weighted by Crippen LogP contribution is -2.47. The molecule has 116 valence electrons. The van der Waals surface area contributed by atoms with Gasteiger partial charge in [-0.1, -0.05) is 12.1 Å². The minimum Gasteiger partial charge on any atom is -0.481 e. The summed E-state index contributed by atoms with van der Waals surface area (Å²) in [5.41, 5.74) is 1.78. The fourth-order valence-corrected chi connectivity index (χ4v) is 3.60. The van der Waals surface area contributed by atoms with E-state index in [0.29, 0.717) is 19.4 Å². The molecule has 1 unspecified atom stereocenters. The molecule has 1 aliphatic carbocycles. The van der Waals surface area contributed by atoms with Crippen molar-refractivity contribution in [3.8, 4) is 0 Å². The van der Waals surface area contributed by atoms with Gasteiger partial charge in [-0.3, -0.25) is 4.79 Å². The van der Waals surface area contributed by atoms with Crippen LogP contribution in [-0.2, 0) is 9.53 Å². The van der Waals surface area contributed by atoms with Crippen LogP contribution < -0.4 is 5.32 Å². The van der Waals surface area contributed by atoms with Crippen molar-refractivity contribution in [3.63, 3.8) is 0 Å². The van der Waals surface area contributed by atoms with Crippen molar-refractivity contribution in [3.05, 3.63) is 24.3 Å². The number of carboxylic acids is 1. The predicted octanol–water partition coefficient (Wildman–Crippen LogP) is 2.39. The van der Waals surface area contributed by atoms with E-state index in [1.54, 1.807) is 0 Å². The molecule has 0 amide bonds. The molecular weight excluding hydrogens is 282 g/mol. The number of ether oxygens (including phenoxy) is 1. The summed E-state index contributed by atoms with van der Waals surface area (Å²) in [6, 6.07) is 7.91. The first kappa shape index (κ1) is 13.6. The van der Waals surface area contributed by atoms with Crippen LogP contribution in [0.4, 0.5) is 5.95 Å². The molecule has 2 aromatic rings. The molecular formula is C16H19N3O3. The van der Waals surface area contributed by atoms with E-state index in [-0.39, 0.29) is 17.6 Å². The molecule has 22 heavy (non-hydrogen) atoms. The van der Waals surface area contributed by atoms with E-state index >= 15 is 0 Å². The lowest BCUT2D eigenvalue weighted by atomic mass is 9.69. The Morgan fingerprint density at radius 1 is 1.45 bits per heavy atom. The van der Waals surface area contributed by atoms with Crippen LogP contribution in [0.5, 0.6) is 0 Å². The maximum Gasteiger partial charge on any atom is 0.306 e. The molecule has 1 saturated carbocycles. The molecule has 2 fully saturated rings. The summed E-state index contributed by atoms with van der Waals surface area (Å²) >= 11 is 0. The summed E-state index contributed by atoms with van der Waals surface area (Å²) in [4.78, 5) is 18.6. The van der Waals surface area contributed by atoms with Crippen LogP contribution in [0, 0.1) is 5.92 Å². The number of aliphatic carboxylic acids is 1. The molecule has 1 saturated heterocycles. The Kier molecular flexibility index (Phi) is 3.07. The van der Waals surface area contributed by atoms with Crippen molar-refractivity contribution in [2.45, 2.75) is 37.4 Å². The zero-order chi connectivity index (χ0) is 15.2. The highest BCUT2D eigenvalue weighted by atomic mass is 16.5. The highest BCUT2D eigenvalue weighted by Crippen LogP contribution is 2.49. The Morgan fingerprint density at radius 3 is 3.05 bits per heavy atom. The van der Waals surface area contributed by atoms with Crippen LogP contribution >= 0.6 is 0 Å². The van der Waals surface area contributed by atoms with E-state index in [9.17, 15) is 4.79 Å². The average molecular weight is 301 g/mol. The number of aromatic amines is 1. The SMILES string of the molecule is O=C(O)C1CC2(CCC(CNc3nc4ccccc4[nH]3)O2)C1. The molecule has 2 heterocycles. The number of hydrogen-bond acceptors (Lipinski definition) is 4. The lowest BCUT2D eigenvalue weighted by Gasteiger charge is -2.42. The second kappa shape index (κ2) is 4.98. The number of nitrogens with one attached hydrogen (secondary N) is 2. The van der Waals surface area contributed by atoms with Gasteiger partial charge < -0.3 is 20.1 Å². The third-order valence-corrected chi connectivity index (χ3v) is 4.81. The molecule has 2 aliphatic rings. The Hall–Kier alpha value is -2.08. The molecule has 6 heteroatoms. The number of aromatic nitrogens is 2. The van der Waals surface area contributed by atoms with Crippen LogP contribution in [-0.4, -0.2) is 39.3 Å². The monoisotopic (exact) mass is 301 g/mol. The van der Waals surface area contributed by atoms with Gasteiger partial charge in [-0.2, -0.15) is 0 Å². The molecule has 4 rings (SSSR count). The van der Waals surface area contributed by atoms with Crippen molar-refractivity contribution in [1.29, 1.82) is 0 Å². The fourth-order valence-electron chi connectivity index (χ4n) is 3.60. The molecule has 1 atom stereocenters. The number of carboxylic acid groups (broad SMARTS) is 1. The molecule has 1 spiro atoms. The van der Waals surface area contributed by atoms with Gasteiger partial charge in [0.05, 0.1) is 28.7 Å². The molecule has 1 aliphatic heterocycles. The molecule has 1 aromatic heterocycles. The minimum atomic E-state index is -0.696. The van der Waals surface area contributed by atoms with E-state index in [2.05, 4.69) is 15.3 Å². The summed E-state index contributed by atoms with van der Waals surface area (Å²) in [5.74, 6) is -0.164. The topological polar surface area (TPSA) is 87.2 Å². The van der Waals surface area contributed by atoms with Gasteiger partial charge >= 0.3 is 5.97 Å². The largest absolute Gasteiger partial charge is 0.481 e. The number of H-pyrrole nitrogens is 1. The molecule has 6 nitrogen and oxygen atoms in total. The summed E-state index contributed by atoms with van der Waals surface area (Å²) in [6.07, 6.45) is 3.37. The maximum atomic E-state index is 10.9. The van der Waals surface area contributed by atoms with Crippen LogP contribution in [0.15, 0.2) is 24.3 Å². The van der Waals surface area contributed by atoms with Gasteiger partial charge in [0.25, 0.3) is 0 Å². The molecule has 0 bridgehead atoms. The van der Waals surface area contributed by atoms with Crippen molar-refractivity contribution in [2.24, 2.45) is 5.92 Å². The molecule has 0 radical (unpaired) electrons. The second-order valence-electron chi connectivity index (χ2n) is 6.39. The first-order valence-corrected chi connectivity index (χ1v) is 7.73. The van der Waals surface area contributed by atoms with Gasteiger partial charge in [0.15, 0.2) is 0 Å². The van der Waals surface area contributed by atoms with Gasteiger partial charge in [-0.05, 0) is 37.8 Å². The van der Waals surface area contributed by atoms with Crippen LogP contribution in [0.1, 0.15) is 25.7 Å². The predicted molar refractivity (Wildman–Crippen MR) is 81.8 cm³/mol. The van der Waals surface area contributed by atoms with E-state index in [1.807, 2.05) is 24.3 Å². The van der Waals surface area contributed by atoms with Crippen LogP contribution in [0.25, 0.3) is 11.0 Å². The van der Waals surface area contributed by atoms with Crippen LogP contribution in [0.2, 0.25) is 0 Å². The standard InChI is InChI=1S/C16H19N3O3/c20-14(21)10-7-16(8-10)6-5-11(22-16)9-17-15-18-12-3-1-2-4-13(12)19-15/h1-4,10-11H,5-9H2,(H,20,21)(H2,17,18,19). The third-order valence-electron chi connectivity index (χ3n) is 4.81. The quantitative estimate of drug-likeness (QED) is 0.807. The minimum absolute atomic E-state index is 0.128. The third kappa shape index (κ3) is 2.33. The zero-order valence-corrected chi connectivity index (χ0v) is 12.2. The number of hydrogen-bond donors (Lipinski definition) is 3. The average Bonchev–Trinajstić information content (AvgIpc) is 3.07. The van der Waals surface area contributed by atoms with E-state index in [1.165, 1.54) is 0 Å². The van der Waals surface area contributed by atoms with Gasteiger partial charge in [-0.15, -0.1) is 0 Å². The number of carbonyl (C=O) groups is 1. The highest BCUT2D eigenvalue weighted by molar-refractivity contribution is 5.77. The molecule has 1 aromatic carbocycles. The van der Waals surface area contributed by atoms with Gasteiger partial charge in [0, 0.05) is 6.54 Å². The van der Waals surface area contributed by atoms with E-state index in [4.69, 9.17) is 9.84 Å². The number of para-hydroxylation sites is 2. The smallest absolute Gasteiger partial charge is 0.306 e. The van der Waals surface area contributed by atoms with Crippen molar-refractivity contribution in [2.75, 3.05) is 11.9 Å². The van der Waals surface area contributed by atoms with Crippen molar-refractivity contribution >= 4 is 23.0 Å². The Labute approximate surface area is 127 Å². The van der Waals surface area contributed by atoms with E-state index < -0.39 is 5.97 Å². The fraction of sp³-hybridized carbons (Fsp3) is 0.500.